The van der Waals surface area contributed by atoms with Gasteiger partial charge in [-0.25, -0.2) is 4.79 Å². The van der Waals surface area contributed by atoms with Crippen LogP contribution in [0.15, 0.2) is 18.2 Å². The molecule has 0 aromatic heterocycles. The van der Waals surface area contributed by atoms with E-state index in [2.05, 4.69) is 5.32 Å². The molecule has 0 spiro atoms. The maximum Gasteiger partial charge on any atom is 0.337 e. The maximum absolute atomic E-state index is 10.8. The van der Waals surface area contributed by atoms with Gasteiger partial charge in [-0.3, -0.25) is 4.79 Å². The van der Waals surface area contributed by atoms with E-state index in [1.165, 1.54) is 18.2 Å². The second-order valence-corrected chi connectivity index (χ2v) is 2.93. The first-order valence-electron chi connectivity index (χ1n) is 4.15. The van der Waals surface area contributed by atoms with Crippen molar-refractivity contribution < 1.29 is 14.7 Å². The minimum absolute atomic E-state index is 0.0104. The van der Waals surface area contributed by atoms with E-state index in [1.807, 2.05) is 0 Å². The number of anilines is 2. The van der Waals surface area contributed by atoms with E-state index in [9.17, 15) is 9.59 Å². The van der Waals surface area contributed by atoms with Crippen LogP contribution in [0.4, 0.5) is 11.4 Å². The highest BCUT2D eigenvalue weighted by Crippen LogP contribution is 2.18. The van der Waals surface area contributed by atoms with Crippen LogP contribution in [0.25, 0.3) is 0 Å². The number of carbonyl (C=O) groups excluding carboxylic acids is 1. The van der Waals surface area contributed by atoms with Gasteiger partial charge in [-0.15, -0.1) is 0 Å². The van der Waals surface area contributed by atoms with Crippen LogP contribution in [0, 0.1) is 0 Å². The van der Waals surface area contributed by atoms with Crippen molar-refractivity contribution in [3.05, 3.63) is 23.8 Å². The number of aromatic carboxylic acids is 1. The smallest absolute Gasteiger partial charge is 0.337 e. The third kappa shape index (κ3) is 2.87. The van der Waals surface area contributed by atoms with E-state index >= 15 is 0 Å². The SMILES string of the molecule is NC(=O)CNc1ccc(N)cc1C(=O)O. The maximum atomic E-state index is 10.8. The van der Waals surface area contributed by atoms with Crippen molar-refractivity contribution >= 4 is 23.3 Å². The molecule has 0 bridgehead atoms. The fourth-order valence-electron chi connectivity index (χ4n) is 1.08. The van der Waals surface area contributed by atoms with Crippen molar-refractivity contribution in [1.82, 2.24) is 0 Å². The molecule has 0 aliphatic carbocycles. The molecule has 0 saturated carbocycles. The molecule has 1 amide bonds. The Morgan fingerprint density at radius 3 is 2.60 bits per heavy atom. The lowest BCUT2D eigenvalue weighted by atomic mass is 10.1. The van der Waals surface area contributed by atoms with Crippen LogP contribution in [0.3, 0.4) is 0 Å². The molecule has 1 aromatic carbocycles. The molecule has 0 aliphatic rings. The van der Waals surface area contributed by atoms with Gasteiger partial charge in [0.2, 0.25) is 5.91 Å². The van der Waals surface area contributed by atoms with Gasteiger partial charge in [-0.1, -0.05) is 0 Å². The molecule has 6 heteroatoms. The van der Waals surface area contributed by atoms with Gasteiger partial charge in [-0.2, -0.15) is 0 Å². The number of nitrogens with two attached hydrogens (primary N) is 2. The molecular formula is C9H11N3O3. The number of carbonyl (C=O) groups is 2. The van der Waals surface area contributed by atoms with E-state index in [4.69, 9.17) is 16.6 Å². The zero-order chi connectivity index (χ0) is 11.4. The molecule has 6 nitrogen and oxygen atoms in total. The molecule has 0 aliphatic heterocycles. The summed E-state index contributed by atoms with van der Waals surface area (Å²) >= 11 is 0. The van der Waals surface area contributed by atoms with Gasteiger partial charge in [-0.05, 0) is 18.2 Å². The number of carboxylic acids is 1. The molecule has 1 rings (SSSR count). The van der Waals surface area contributed by atoms with Crippen molar-refractivity contribution in [2.45, 2.75) is 0 Å². The van der Waals surface area contributed by atoms with Crippen LogP contribution in [-0.2, 0) is 4.79 Å². The van der Waals surface area contributed by atoms with Crippen LogP contribution >= 0.6 is 0 Å². The summed E-state index contributed by atoms with van der Waals surface area (Å²) in [7, 11) is 0. The van der Waals surface area contributed by atoms with E-state index in [0.717, 1.165) is 0 Å². The Morgan fingerprint density at radius 1 is 1.40 bits per heavy atom. The summed E-state index contributed by atoms with van der Waals surface area (Å²) < 4.78 is 0. The fraction of sp³-hybridized carbons (Fsp3) is 0.111. The predicted molar refractivity (Wildman–Crippen MR) is 55.5 cm³/mol. The van der Waals surface area contributed by atoms with Gasteiger partial charge >= 0.3 is 5.97 Å². The number of carboxylic acid groups (broad SMARTS) is 1. The highest BCUT2D eigenvalue weighted by molar-refractivity contribution is 5.96. The lowest BCUT2D eigenvalue weighted by Gasteiger charge is -2.08. The molecule has 0 heterocycles. The molecule has 0 radical (unpaired) electrons. The van der Waals surface area contributed by atoms with Crippen molar-refractivity contribution in [2.24, 2.45) is 5.73 Å². The summed E-state index contributed by atoms with van der Waals surface area (Å²) in [5.74, 6) is -1.68. The molecule has 0 fully saturated rings. The van der Waals surface area contributed by atoms with Gasteiger partial charge < -0.3 is 21.9 Å². The van der Waals surface area contributed by atoms with Crippen molar-refractivity contribution in [1.29, 1.82) is 0 Å². The quantitative estimate of drug-likeness (QED) is 0.515. The van der Waals surface area contributed by atoms with E-state index < -0.39 is 11.9 Å². The third-order valence-electron chi connectivity index (χ3n) is 1.73. The average Bonchev–Trinajstić information content (AvgIpc) is 2.15. The van der Waals surface area contributed by atoms with E-state index in [0.29, 0.717) is 11.4 Å². The minimum Gasteiger partial charge on any atom is -0.478 e. The molecular weight excluding hydrogens is 198 g/mol. The average molecular weight is 209 g/mol. The second kappa shape index (κ2) is 4.32. The van der Waals surface area contributed by atoms with Crippen LogP contribution in [-0.4, -0.2) is 23.5 Å². The first-order chi connectivity index (χ1) is 7.00. The summed E-state index contributed by atoms with van der Waals surface area (Å²) in [6.07, 6.45) is 0. The summed E-state index contributed by atoms with van der Waals surface area (Å²) in [5.41, 5.74) is 11.0. The lowest BCUT2D eigenvalue weighted by Crippen LogP contribution is -2.22. The highest BCUT2D eigenvalue weighted by atomic mass is 16.4. The van der Waals surface area contributed by atoms with E-state index in [1.54, 1.807) is 0 Å². The molecule has 15 heavy (non-hydrogen) atoms. The summed E-state index contributed by atoms with van der Waals surface area (Å²) in [6, 6.07) is 4.34. The van der Waals surface area contributed by atoms with Gasteiger partial charge in [0.1, 0.15) is 0 Å². The number of hydrogen-bond donors (Lipinski definition) is 4. The summed E-state index contributed by atoms with van der Waals surface area (Å²) in [6.45, 7) is -0.121. The number of hydrogen-bond acceptors (Lipinski definition) is 4. The van der Waals surface area contributed by atoms with Gasteiger partial charge in [0, 0.05) is 11.4 Å². The van der Waals surface area contributed by atoms with Gasteiger partial charge in [0.15, 0.2) is 0 Å². The van der Waals surface area contributed by atoms with Crippen molar-refractivity contribution in [3.8, 4) is 0 Å². The topological polar surface area (TPSA) is 118 Å². The number of rotatable bonds is 4. The Balaban J connectivity index is 2.95. The summed E-state index contributed by atoms with van der Waals surface area (Å²) in [5, 5.41) is 11.5. The monoisotopic (exact) mass is 209 g/mol. The molecule has 0 saturated heterocycles. The predicted octanol–water partition coefficient (Wildman–Crippen LogP) is -0.136. The first-order valence-corrected chi connectivity index (χ1v) is 4.15. The number of nitrogen functional groups attached to an aromatic ring is 1. The van der Waals surface area contributed by atoms with Gasteiger partial charge in [0.05, 0.1) is 12.1 Å². The normalized spacial score (nSPS) is 9.60. The largest absolute Gasteiger partial charge is 0.478 e. The molecule has 0 unspecified atom stereocenters. The van der Waals surface area contributed by atoms with Crippen LogP contribution < -0.4 is 16.8 Å². The second-order valence-electron chi connectivity index (χ2n) is 2.93. The molecule has 6 N–H and O–H groups in total. The third-order valence-corrected chi connectivity index (χ3v) is 1.73. The first kappa shape index (κ1) is 10.8. The fourth-order valence-corrected chi connectivity index (χ4v) is 1.08. The Labute approximate surface area is 85.9 Å². The zero-order valence-corrected chi connectivity index (χ0v) is 7.86. The lowest BCUT2D eigenvalue weighted by molar-refractivity contribution is -0.116. The number of benzene rings is 1. The number of nitrogens with one attached hydrogen (secondary N) is 1. The minimum atomic E-state index is -1.12. The number of primary amides is 1. The Bertz CT molecular complexity index is 404. The molecule has 1 aromatic rings. The van der Waals surface area contributed by atoms with Crippen LogP contribution in [0.2, 0.25) is 0 Å². The number of amides is 1. The van der Waals surface area contributed by atoms with E-state index in [-0.39, 0.29) is 12.1 Å². The van der Waals surface area contributed by atoms with Crippen molar-refractivity contribution in [3.63, 3.8) is 0 Å². The standard InChI is InChI=1S/C9H11N3O3/c10-5-1-2-7(12-4-8(11)13)6(3-5)9(14)15/h1-3,12H,4,10H2,(H2,11,13)(H,14,15). The Morgan fingerprint density at radius 2 is 2.07 bits per heavy atom. The zero-order valence-electron chi connectivity index (χ0n) is 7.86. The van der Waals surface area contributed by atoms with Crippen LogP contribution in [0.1, 0.15) is 10.4 Å². The van der Waals surface area contributed by atoms with Crippen LogP contribution in [0.5, 0.6) is 0 Å². The highest BCUT2D eigenvalue weighted by Gasteiger charge is 2.10. The summed E-state index contributed by atoms with van der Waals surface area (Å²) in [4.78, 5) is 21.3. The molecule has 0 atom stereocenters. The Kier molecular flexibility index (Phi) is 3.12. The molecule has 80 valence electrons. The Hall–Kier alpha value is -2.24. The van der Waals surface area contributed by atoms with Gasteiger partial charge in [0.25, 0.3) is 0 Å². The van der Waals surface area contributed by atoms with Crippen molar-refractivity contribution in [2.75, 3.05) is 17.6 Å².